The van der Waals surface area contributed by atoms with Crippen LogP contribution in [0.1, 0.15) is 46.8 Å². The van der Waals surface area contributed by atoms with Gasteiger partial charge in [0.2, 0.25) is 0 Å². The summed E-state index contributed by atoms with van der Waals surface area (Å²) in [4.78, 5) is 19.3. The van der Waals surface area contributed by atoms with E-state index in [1.54, 1.807) is 6.20 Å². The average molecular weight is 335 g/mol. The van der Waals surface area contributed by atoms with Crippen LogP contribution < -0.4 is 0 Å². The molecule has 0 saturated carbocycles. The van der Waals surface area contributed by atoms with E-state index in [4.69, 9.17) is 0 Å². The molecule has 1 amide bonds. The number of carbonyl (C=O) groups excluding carboxylic acids is 1. The van der Waals surface area contributed by atoms with Gasteiger partial charge in [-0.15, -0.1) is 0 Å². The monoisotopic (exact) mass is 335 g/mol. The summed E-state index contributed by atoms with van der Waals surface area (Å²) in [6.45, 7) is 3.55. The quantitative estimate of drug-likeness (QED) is 0.797. The smallest absolute Gasteiger partial charge is 0.275 e. The van der Waals surface area contributed by atoms with Crippen LogP contribution in [-0.2, 0) is 13.0 Å². The number of H-pyrrole nitrogens is 1. The molecular formula is C19H21N5O. The lowest BCUT2D eigenvalue weighted by molar-refractivity contribution is 0.0657. The number of amides is 1. The van der Waals surface area contributed by atoms with Gasteiger partial charge in [-0.1, -0.05) is 19.4 Å². The van der Waals surface area contributed by atoms with Crippen molar-refractivity contribution < 1.29 is 4.79 Å². The Morgan fingerprint density at radius 3 is 3.04 bits per heavy atom. The summed E-state index contributed by atoms with van der Waals surface area (Å²) in [5.74, 6) is -0.0418. The fourth-order valence-electron chi connectivity index (χ4n) is 3.51. The van der Waals surface area contributed by atoms with Gasteiger partial charge in [0.05, 0.1) is 6.04 Å². The summed E-state index contributed by atoms with van der Waals surface area (Å²) >= 11 is 0. The zero-order chi connectivity index (χ0) is 17.2. The first-order valence-electron chi connectivity index (χ1n) is 8.68. The molecule has 0 saturated heterocycles. The van der Waals surface area contributed by atoms with E-state index in [2.05, 4.69) is 38.9 Å². The minimum Gasteiger partial charge on any atom is -0.348 e. The van der Waals surface area contributed by atoms with E-state index in [1.807, 2.05) is 35.4 Å². The van der Waals surface area contributed by atoms with Gasteiger partial charge in [0.1, 0.15) is 5.69 Å². The first-order valence-corrected chi connectivity index (χ1v) is 8.68. The molecule has 0 bridgehead atoms. The Hall–Kier alpha value is -2.89. The molecule has 6 heteroatoms. The highest BCUT2D eigenvalue weighted by molar-refractivity contribution is 5.93. The van der Waals surface area contributed by atoms with Gasteiger partial charge >= 0.3 is 0 Å². The second-order valence-corrected chi connectivity index (χ2v) is 6.34. The number of hydrogen-bond acceptors (Lipinski definition) is 3. The van der Waals surface area contributed by atoms with Crippen molar-refractivity contribution in [3.8, 4) is 0 Å². The third-order valence-corrected chi connectivity index (χ3v) is 4.67. The number of aryl methyl sites for hydroxylation is 1. The van der Waals surface area contributed by atoms with E-state index in [0.717, 1.165) is 36.3 Å². The number of nitrogens with zero attached hydrogens (tertiary/aromatic N) is 4. The van der Waals surface area contributed by atoms with Crippen LogP contribution in [0, 0.1) is 0 Å². The fourth-order valence-corrected chi connectivity index (χ4v) is 3.51. The largest absolute Gasteiger partial charge is 0.348 e. The summed E-state index contributed by atoms with van der Waals surface area (Å²) in [5, 5.41) is 7.22. The number of rotatable bonds is 4. The van der Waals surface area contributed by atoms with Crippen molar-refractivity contribution in [1.29, 1.82) is 0 Å². The highest BCUT2D eigenvalue weighted by Gasteiger charge is 2.33. The molecular weight excluding hydrogens is 314 g/mol. The molecule has 25 heavy (non-hydrogen) atoms. The van der Waals surface area contributed by atoms with Crippen LogP contribution in [0.3, 0.4) is 0 Å². The predicted octanol–water partition coefficient (Wildman–Crippen LogP) is 2.80. The van der Waals surface area contributed by atoms with E-state index < -0.39 is 0 Å². The molecule has 6 nitrogen and oxygen atoms in total. The highest BCUT2D eigenvalue weighted by atomic mass is 16.2. The molecule has 3 aromatic rings. The summed E-state index contributed by atoms with van der Waals surface area (Å²) in [7, 11) is 0. The number of fused-ring (bicyclic) bond motifs is 1. The minimum atomic E-state index is -0.142. The van der Waals surface area contributed by atoms with Crippen molar-refractivity contribution in [3.05, 3.63) is 71.6 Å². The van der Waals surface area contributed by atoms with E-state index in [-0.39, 0.29) is 11.9 Å². The van der Waals surface area contributed by atoms with Gasteiger partial charge in [0.15, 0.2) is 0 Å². The lowest BCUT2D eigenvalue weighted by Gasteiger charge is -2.36. The molecule has 4 rings (SSSR count). The van der Waals surface area contributed by atoms with Gasteiger partial charge in [-0.05, 0) is 36.2 Å². The maximum absolute atomic E-state index is 13.1. The van der Waals surface area contributed by atoms with E-state index >= 15 is 0 Å². The number of aromatic nitrogens is 4. The summed E-state index contributed by atoms with van der Waals surface area (Å²) in [6, 6.07) is 9.77. The van der Waals surface area contributed by atoms with E-state index in [9.17, 15) is 4.79 Å². The Morgan fingerprint density at radius 1 is 1.32 bits per heavy atom. The number of pyridine rings is 1. The second kappa shape index (κ2) is 6.55. The zero-order valence-electron chi connectivity index (χ0n) is 14.2. The molecule has 0 spiro atoms. The highest BCUT2D eigenvalue weighted by Crippen LogP contribution is 2.32. The van der Waals surface area contributed by atoms with Crippen LogP contribution in [0.25, 0.3) is 0 Å². The molecule has 3 aromatic heterocycles. The molecule has 1 N–H and O–H groups in total. The Balaban J connectivity index is 1.70. The fraction of sp³-hybridized carbons (Fsp3) is 0.316. The predicted molar refractivity (Wildman–Crippen MR) is 94.1 cm³/mol. The minimum absolute atomic E-state index is 0.0418. The van der Waals surface area contributed by atoms with Crippen LogP contribution in [0.15, 0.2) is 48.9 Å². The van der Waals surface area contributed by atoms with Crippen LogP contribution in [0.2, 0.25) is 0 Å². The SMILES string of the molecule is CCCc1cc(C(=O)N2CCn3cccc3[C@@H]2c2cccnc2)n[nH]1. The topological polar surface area (TPSA) is 66.8 Å². The first kappa shape index (κ1) is 15.6. The lowest BCUT2D eigenvalue weighted by atomic mass is 10.0. The zero-order valence-corrected chi connectivity index (χ0v) is 14.2. The Bertz CT molecular complexity index is 867. The molecule has 4 heterocycles. The van der Waals surface area contributed by atoms with Gasteiger partial charge in [0.25, 0.3) is 5.91 Å². The molecule has 1 atom stereocenters. The molecule has 1 aliphatic rings. The number of aromatic amines is 1. The summed E-state index contributed by atoms with van der Waals surface area (Å²) in [5.41, 5.74) is 3.61. The van der Waals surface area contributed by atoms with Crippen molar-refractivity contribution >= 4 is 5.91 Å². The second-order valence-electron chi connectivity index (χ2n) is 6.34. The molecule has 0 aromatic carbocycles. The molecule has 0 unspecified atom stereocenters. The van der Waals surface area contributed by atoms with E-state index in [1.165, 1.54) is 0 Å². The average Bonchev–Trinajstić information content (AvgIpc) is 3.30. The molecule has 0 aliphatic carbocycles. The van der Waals surface area contributed by atoms with Crippen LogP contribution >= 0.6 is 0 Å². The van der Waals surface area contributed by atoms with Crippen molar-refractivity contribution in [3.63, 3.8) is 0 Å². The molecule has 0 radical (unpaired) electrons. The maximum atomic E-state index is 13.1. The third kappa shape index (κ3) is 2.84. The molecule has 1 aliphatic heterocycles. The first-order chi connectivity index (χ1) is 12.3. The standard InChI is InChI=1S/C19H21N5O/c1-2-5-15-12-16(22-21-15)19(25)24-11-10-23-9-4-7-17(23)18(24)14-6-3-8-20-13-14/h3-4,6-9,12-13,18H,2,5,10-11H2,1H3,(H,21,22)/t18-/m0/s1. The summed E-state index contributed by atoms with van der Waals surface area (Å²) in [6.07, 6.45) is 7.57. The summed E-state index contributed by atoms with van der Waals surface area (Å²) < 4.78 is 2.20. The van der Waals surface area contributed by atoms with Crippen LogP contribution in [0.5, 0.6) is 0 Å². The van der Waals surface area contributed by atoms with Crippen LogP contribution in [-0.4, -0.2) is 37.1 Å². The Kier molecular flexibility index (Phi) is 4.09. The van der Waals surface area contributed by atoms with Crippen molar-refractivity contribution in [2.24, 2.45) is 0 Å². The normalized spacial score (nSPS) is 16.7. The Morgan fingerprint density at radius 2 is 2.24 bits per heavy atom. The van der Waals surface area contributed by atoms with Gasteiger partial charge in [-0.2, -0.15) is 5.10 Å². The molecule has 128 valence electrons. The number of nitrogens with one attached hydrogen (secondary N) is 1. The van der Waals surface area contributed by atoms with Crippen molar-refractivity contribution in [2.75, 3.05) is 6.54 Å². The number of hydrogen-bond donors (Lipinski definition) is 1. The van der Waals surface area contributed by atoms with Crippen molar-refractivity contribution in [2.45, 2.75) is 32.4 Å². The Labute approximate surface area is 146 Å². The maximum Gasteiger partial charge on any atom is 0.275 e. The molecule has 0 fully saturated rings. The van der Waals surface area contributed by atoms with Crippen molar-refractivity contribution in [1.82, 2.24) is 24.6 Å². The van der Waals surface area contributed by atoms with Gasteiger partial charge in [0, 0.05) is 43.1 Å². The van der Waals surface area contributed by atoms with Gasteiger partial charge in [-0.25, -0.2) is 0 Å². The van der Waals surface area contributed by atoms with Gasteiger partial charge in [-0.3, -0.25) is 14.9 Å². The lowest BCUT2D eigenvalue weighted by Crippen LogP contribution is -2.42. The number of carbonyl (C=O) groups is 1. The van der Waals surface area contributed by atoms with E-state index in [0.29, 0.717) is 12.2 Å². The van der Waals surface area contributed by atoms with Gasteiger partial charge < -0.3 is 9.47 Å². The third-order valence-electron chi connectivity index (χ3n) is 4.67. The van der Waals surface area contributed by atoms with Crippen LogP contribution in [0.4, 0.5) is 0 Å².